The molecule has 4 nitrogen and oxygen atoms in total. The summed E-state index contributed by atoms with van der Waals surface area (Å²) in [6, 6.07) is 39.4. The van der Waals surface area contributed by atoms with E-state index >= 15 is 0 Å². The van der Waals surface area contributed by atoms with Crippen molar-refractivity contribution >= 4 is 60.2 Å². The van der Waals surface area contributed by atoms with Crippen LogP contribution in [-0.2, 0) is 6.42 Å². The number of rotatable bonds is 1. The SMILES string of the molecule is c1ccc(-n2c3ccc4c(c3c3ccc5c(c6ccncc6n6c7ccccc7nc56)c32)Cc2ccccc2-4)cc1. The molecule has 0 spiro atoms. The first-order valence-electron chi connectivity index (χ1n) is 14.1. The fourth-order valence-electron chi connectivity index (χ4n) is 7.36. The number of imidazole rings is 1. The van der Waals surface area contributed by atoms with E-state index in [0.29, 0.717) is 0 Å². The van der Waals surface area contributed by atoms with Gasteiger partial charge in [0, 0.05) is 38.8 Å². The number of benzene rings is 5. The molecule has 0 bridgehead atoms. The Hall–Kier alpha value is -5.48. The highest BCUT2D eigenvalue weighted by Gasteiger charge is 2.26. The van der Waals surface area contributed by atoms with Gasteiger partial charge in [-0.05, 0) is 71.1 Å². The van der Waals surface area contributed by atoms with Gasteiger partial charge < -0.3 is 4.57 Å². The third-order valence-electron chi connectivity index (χ3n) is 9.00. The zero-order valence-corrected chi connectivity index (χ0v) is 22.0. The third-order valence-corrected chi connectivity index (χ3v) is 9.00. The number of para-hydroxylation sites is 3. The smallest absolute Gasteiger partial charge is 0.146 e. The van der Waals surface area contributed by atoms with Crippen molar-refractivity contribution in [2.75, 3.05) is 0 Å². The Morgan fingerprint density at radius 3 is 2.37 bits per heavy atom. The lowest BCUT2D eigenvalue weighted by Gasteiger charge is -2.13. The number of hydrogen-bond acceptors (Lipinski definition) is 2. The lowest BCUT2D eigenvalue weighted by atomic mass is 9.98. The first-order valence-corrected chi connectivity index (χ1v) is 14.1. The molecule has 0 saturated heterocycles. The second-order valence-electron chi connectivity index (χ2n) is 11.0. The van der Waals surface area contributed by atoms with Crippen LogP contribution in [0.25, 0.3) is 77.0 Å². The normalized spacial score (nSPS) is 12.8. The van der Waals surface area contributed by atoms with Gasteiger partial charge in [0.1, 0.15) is 5.65 Å². The van der Waals surface area contributed by atoms with E-state index in [1.807, 2.05) is 12.4 Å². The molecule has 0 amide bonds. The summed E-state index contributed by atoms with van der Waals surface area (Å²) in [5.41, 5.74) is 13.3. The molecule has 1 aliphatic rings. The predicted molar refractivity (Wildman–Crippen MR) is 168 cm³/mol. The molecule has 0 fully saturated rings. The van der Waals surface area contributed by atoms with Gasteiger partial charge in [-0.25, -0.2) is 4.98 Å². The maximum absolute atomic E-state index is 5.17. The zero-order valence-electron chi connectivity index (χ0n) is 22.0. The van der Waals surface area contributed by atoms with Crippen LogP contribution in [-0.4, -0.2) is 18.9 Å². The van der Waals surface area contributed by atoms with E-state index in [2.05, 4.69) is 123 Å². The van der Waals surface area contributed by atoms with E-state index < -0.39 is 0 Å². The quantitative estimate of drug-likeness (QED) is 0.202. The van der Waals surface area contributed by atoms with Gasteiger partial charge in [-0.15, -0.1) is 0 Å². The topological polar surface area (TPSA) is 35.1 Å². The van der Waals surface area contributed by atoms with Crippen LogP contribution in [0.4, 0.5) is 0 Å². The molecule has 5 aromatic carbocycles. The molecule has 0 radical (unpaired) electrons. The Morgan fingerprint density at radius 1 is 0.585 bits per heavy atom. The van der Waals surface area contributed by atoms with Gasteiger partial charge in [-0.1, -0.05) is 66.7 Å². The Labute approximate surface area is 234 Å². The summed E-state index contributed by atoms with van der Waals surface area (Å²) < 4.78 is 4.74. The number of pyridine rings is 2. The van der Waals surface area contributed by atoms with Crippen LogP contribution < -0.4 is 0 Å². The highest BCUT2D eigenvalue weighted by molar-refractivity contribution is 6.28. The Balaban J connectivity index is 1.49. The Bertz CT molecular complexity index is 2550. The Morgan fingerprint density at radius 2 is 1.41 bits per heavy atom. The summed E-state index contributed by atoms with van der Waals surface area (Å²) in [6.45, 7) is 0. The Kier molecular flexibility index (Phi) is 3.95. The van der Waals surface area contributed by atoms with Gasteiger partial charge in [-0.3, -0.25) is 9.38 Å². The van der Waals surface area contributed by atoms with Crippen molar-refractivity contribution in [2.45, 2.75) is 6.42 Å². The van der Waals surface area contributed by atoms with E-state index in [-0.39, 0.29) is 0 Å². The minimum atomic E-state index is 0.949. The number of fused-ring (bicyclic) bond motifs is 16. The van der Waals surface area contributed by atoms with Crippen molar-refractivity contribution in [1.29, 1.82) is 0 Å². The molecule has 0 unspecified atom stereocenters. The summed E-state index contributed by atoms with van der Waals surface area (Å²) in [4.78, 5) is 9.74. The van der Waals surface area contributed by atoms with Crippen molar-refractivity contribution < 1.29 is 0 Å². The average molecular weight is 523 g/mol. The highest BCUT2D eigenvalue weighted by atomic mass is 15.0. The fraction of sp³-hybridized carbons (Fsp3) is 0.0270. The third kappa shape index (κ3) is 2.64. The minimum Gasteiger partial charge on any atom is -0.309 e. The number of nitrogens with zero attached hydrogens (tertiary/aromatic N) is 4. The van der Waals surface area contributed by atoms with Gasteiger partial charge >= 0.3 is 0 Å². The first kappa shape index (κ1) is 21.4. The summed E-state index contributed by atoms with van der Waals surface area (Å²) in [7, 11) is 0. The summed E-state index contributed by atoms with van der Waals surface area (Å²) >= 11 is 0. The molecule has 4 heteroatoms. The van der Waals surface area contributed by atoms with Crippen LogP contribution >= 0.6 is 0 Å². The van der Waals surface area contributed by atoms with Crippen LogP contribution in [0.3, 0.4) is 0 Å². The molecule has 0 atom stereocenters. The molecule has 4 aromatic heterocycles. The van der Waals surface area contributed by atoms with E-state index in [0.717, 1.165) is 39.7 Å². The fourth-order valence-corrected chi connectivity index (χ4v) is 7.36. The van der Waals surface area contributed by atoms with Gasteiger partial charge in [-0.2, -0.15) is 0 Å². The van der Waals surface area contributed by atoms with Crippen molar-refractivity contribution in [3.05, 3.63) is 133 Å². The summed E-state index contributed by atoms with van der Waals surface area (Å²) in [5, 5.41) is 6.16. The predicted octanol–water partition coefficient (Wildman–Crippen LogP) is 8.86. The maximum Gasteiger partial charge on any atom is 0.146 e. The van der Waals surface area contributed by atoms with Gasteiger partial charge in [0.05, 0.1) is 33.8 Å². The lowest BCUT2D eigenvalue weighted by molar-refractivity contribution is 1.18. The molecule has 4 heterocycles. The van der Waals surface area contributed by atoms with E-state index in [4.69, 9.17) is 4.98 Å². The molecule has 41 heavy (non-hydrogen) atoms. The molecule has 0 saturated carbocycles. The number of aromatic nitrogens is 4. The molecule has 0 N–H and O–H groups in total. The largest absolute Gasteiger partial charge is 0.309 e. The van der Waals surface area contributed by atoms with Crippen molar-refractivity contribution in [2.24, 2.45) is 0 Å². The van der Waals surface area contributed by atoms with Crippen LogP contribution in [0.1, 0.15) is 11.1 Å². The molecule has 10 rings (SSSR count). The van der Waals surface area contributed by atoms with E-state index in [1.54, 1.807) is 0 Å². The standard InChI is InChI=1S/C37H22N4/c1-2-9-23(10-3-1)40-32-17-16-25-24-11-5-4-8-22(24)20-29(25)34(32)27-14-15-28-35(36(27)40)26-18-19-38-21-33(26)41-31-13-7-6-12-30(31)39-37(28)41/h1-19,21H,20H2. The van der Waals surface area contributed by atoms with Gasteiger partial charge in [0.15, 0.2) is 0 Å². The molecule has 190 valence electrons. The highest BCUT2D eigenvalue weighted by Crippen LogP contribution is 2.47. The maximum atomic E-state index is 5.17. The summed E-state index contributed by atoms with van der Waals surface area (Å²) in [6.07, 6.45) is 4.85. The van der Waals surface area contributed by atoms with Crippen LogP contribution in [0, 0.1) is 0 Å². The van der Waals surface area contributed by atoms with E-state index in [9.17, 15) is 0 Å². The van der Waals surface area contributed by atoms with Crippen molar-refractivity contribution in [3.63, 3.8) is 0 Å². The second kappa shape index (κ2) is 7.58. The molecular formula is C37H22N4. The van der Waals surface area contributed by atoms with Gasteiger partial charge in [0.2, 0.25) is 0 Å². The summed E-state index contributed by atoms with van der Waals surface area (Å²) in [5.74, 6) is 0. The monoisotopic (exact) mass is 522 g/mol. The average Bonchev–Trinajstić information content (AvgIpc) is 3.71. The second-order valence-corrected chi connectivity index (χ2v) is 11.0. The zero-order chi connectivity index (χ0) is 26.7. The number of hydrogen-bond donors (Lipinski definition) is 0. The van der Waals surface area contributed by atoms with Crippen LogP contribution in [0.5, 0.6) is 0 Å². The molecule has 9 aromatic rings. The van der Waals surface area contributed by atoms with Gasteiger partial charge in [0.25, 0.3) is 0 Å². The molecule has 1 aliphatic carbocycles. The van der Waals surface area contributed by atoms with Crippen molar-refractivity contribution in [3.8, 4) is 16.8 Å². The molecule has 0 aliphatic heterocycles. The van der Waals surface area contributed by atoms with Crippen molar-refractivity contribution in [1.82, 2.24) is 18.9 Å². The van der Waals surface area contributed by atoms with Crippen LogP contribution in [0.2, 0.25) is 0 Å². The van der Waals surface area contributed by atoms with Crippen LogP contribution in [0.15, 0.2) is 122 Å². The first-order chi connectivity index (χ1) is 20.4. The minimum absolute atomic E-state index is 0.949. The lowest BCUT2D eigenvalue weighted by Crippen LogP contribution is -1.97. The van der Waals surface area contributed by atoms with E-state index in [1.165, 1.54) is 54.8 Å². The molecular weight excluding hydrogens is 500 g/mol.